The first-order valence-electron chi connectivity index (χ1n) is 10.6. The molecule has 0 fully saturated rings. The summed E-state index contributed by atoms with van der Waals surface area (Å²) in [4.78, 5) is 25.8. The average Bonchev–Trinajstić information content (AvgIpc) is 2.90. The fraction of sp³-hybridized carbons (Fsp3) is 0.522. The molecular formula is C23H30ClN3O4. The number of aromatic nitrogens is 2. The van der Waals surface area contributed by atoms with Gasteiger partial charge in [-0.3, -0.25) is 9.48 Å². The van der Waals surface area contributed by atoms with Crippen LogP contribution in [-0.2, 0) is 33.7 Å². The summed E-state index contributed by atoms with van der Waals surface area (Å²) >= 11 is 6.09. The number of fused-ring (bicyclic) bond motifs is 1. The van der Waals surface area contributed by atoms with E-state index >= 15 is 0 Å². The third kappa shape index (κ3) is 6.00. The minimum absolute atomic E-state index is 0.227. The molecule has 0 saturated heterocycles. The first-order valence-corrected chi connectivity index (χ1v) is 10.9. The Hall–Kier alpha value is -2.54. The SMILES string of the molecule is COC(=O)CCCn1nc2c(c1-c1ccc(Cl)cc1)CCN(C(=O)OC(C)(C)C)CC2. The average molecular weight is 448 g/mol. The second-order valence-electron chi connectivity index (χ2n) is 8.65. The second-order valence-corrected chi connectivity index (χ2v) is 9.09. The van der Waals surface area contributed by atoms with Crippen LogP contribution in [0.5, 0.6) is 0 Å². The Labute approximate surface area is 188 Å². The molecule has 1 amide bonds. The topological polar surface area (TPSA) is 73.7 Å². The largest absolute Gasteiger partial charge is 0.469 e. The van der Waals surface area contributed by atoms with E-state index in [0.717, 1.165) is 22.5 Å². The van der Waals surface area contributed by atoms with Gasteiger partial charge in [0.25, 0.3) is 0 Å². The lowest BCUT2D eigenvalue weighted by Crippen LogP contribution is -2.38. The van der Waals surface area contributed by atoms with Crippen molar-refractivity contribution in [2.24, 2.45) is 0 Å². The summed E-state index contributed by atoms with van der Waals surface area (Å²) in [7, 11) is 1.40. The lowest BCUT2D eigenvalue weighted by Gasteiger charge is -2.26. The van der Waals surface area contributed by atoms with Crippen molar-refractivity contribution in [1.29, 1.82) is 0 Å². The Morgan fingerprint density at radius 3 is 2.45 bits per heavy atom. The maximum atomic E-state index is 12.6. The van der Waals surface area contributed by atoms with Crippen LogP contribution in [0, 0.1) is 0 Å². The van der Waals surface area contributed by atoms with Crippen LogP contribution >= 0.6 is 11.6 Å². The normalized spacial score (nSPS) is 14.0. The number of carbonyl (C=O) groups excluding carboxylic acids is 2. The van der Waals surface area contributed by atoms with Crippen molar-refractivity contribution in [2.75, 3.05) is 20.2 Å². The number of hydrogen-bond donors (Lipinski definition) is 0. The summed E-state index contributed by atoms with van der Waals surface area (Å²) in [6.07, 6.45) is 2.02. The molecular weight excluding hydrogens is 418 g/mol. The van der Waals surface area contributed by atoms with E-state index in [1.54, 1.807) is 4.90 Å². The highest BCUT2D eigenvalue weighted by Gasteiger charge is 2.28. The van der Waals surface area contributed by atoms with E-state index in [1.807, 2.05) is 49.7 Å². The van der Waals surface area contributed by atoms with Gasteiger partial charge in [0.05, 0.1) is 18.5 Å². The smallest absolute Gasteiger partial charge is 0.410 e. The number of aryl methyl sites for hydroxylation is 1. The van der Waals surface area contributed by atoms with Crippen molar-refractivity contribution in [1.82, 2.24) is 14.7 Å². The van der Waals surface area contributed by atoms with Gasteiger partial charge in [-0.25, -0.2) is 4.79 Å². The number of hydrogen-bond acceptors (Lipinski definition) is 5. The van der Waals surface area contributed by atoms with Gasteiger partial charge in [0, 0.05) is 48.6 Å². The molecule has 1 aromatic heterocycles. The Morgan fingerprint density at radius 2 is 1.81 bits per heavy atom. The molecule has 0 aliphatic carbocycles. The third-order valence-corrected chi connectivity index (χ3v) is 5.38. The number of carbonyl (C=O) groups is 2. The number of ether oxygens (including phenoxy) is 2. The zero-order valence-electron chi connectivity index (χ0n) is 18.6. The van der Waals surface area contributed by atoms with Gasteiger partial charge in [0.1, 0.15) is 5.60 Å². The molecule has 2 aromatic rings. The number of nitrogens with zero attached hydrogens (tertiary/aromatic N) is 3. The van der Waals surface area contributed by atoms with E-state index in [2.05, 4.69) is 0 Å². The fourth-order valence-electron chi connectivity index (χ4n) is 3.69. The highest BCUT2D eigenvalue weighted by molar-refractivity contribution is 6.30. The summed E-state index contributed by atoms with van der Waals surface area (Å²) in [6, 6.07) is 7.68. The molecule has 3 rings (SSSR count). The molecule has 168 valence electrons. The highest BCUT2D eigenvalue weighted by atomic mass is 35.5. The monoisotopic (exact) mass is 447 g/mol. The number of halogens is 1. The summed E-state index contributed by atoms with van der Waals surface area (Å²) in [6.45, 7) is 7.34. The predicted molar refractivity (Wildman–Crippen MR) is 119 cm³/mol. The van der Waals surface area contributed by atoms with Crippen molar-refractivity contribution >= 4 is 23.7 Å². The van der Waals surface area contributed by atoms with Gasteiger partial charge in [-0.05, 0) is 45.7 Å². The Kier molecular flexibility index (Phi) is 7.26. The molecule has 31 heavy (non-hydrogen) atoms. The van der Waals surface area contributed by atoms with E-state index in [0.29, 0.717) is 50.3 Å². The predicted octanol–water partition coefficient (Wildman–Crippen LogP) is 4.49. The van der Waals surface area contributed by atoms with E-state index in [-0.39, 0.29) is 12.1 Å². The van der Waals surface area contributed by atoms with Gasteiger partial charge >= 0.3 is 12.1 Å². The number of esters is 1. The van der Waals surface area contributed by atoms with Gasteiger partial charge in [-0.15, -0.1) is 0 Å². The lowest BCUT2D eigenvalue weighted by molar-refractivity contribution is -0.140. The zero-order chi connectivity index (χ0) is 22.6. The molecule has 0 spiro atoms. The van der Waals surface area contributed by atoms with Crippen LogP contribution in [0.1, 0.15) is 44.9 Å². The van der Waals surface area contributed by atoms with Gasteiger partial charge in [0.2, 0.25) is 0 Å². The van der Waals surface area contributed by atoms with E-state index < -0.39 is 5.60 Å². The minimum Gasteiger partial charge on any atom is -0.469 e. The van der Waals surface area contributed by atoms with Gasteiger partial charge in [-0.2, -0.15) is 5.10 Å². The molecule has 1 aliphatic heterocycles. The summed E-state index contributed by atoms with van der Waals surface area (Å²) in [5, 5.41) is 5.52. The quantitative estimate of drug-likeness (QED) is 0.631. The van der Waals surface area contributed by atoms with E-state index in [1.165, 1.54) is 7.11 Å². The van der Waals surface area contributed by atoms with Gasteiger partial charge < -0.3 is 14.4 Å². The maximum Gasteiger partial charge on any atom is 0.410 e. The Balaban J connectivity index is 1.85. The van der Waals surface area contributed by atoms with Crippen LogP contribution in [0.15, 0.2) is 24.3 Å². The molecule has 0 bridgehead atoms. The maximum absolute atomic E-state index is 12.6. The number of methoxy groups -OCH3 is 1. The molecule has 0 radical (unpaired) electrons. The number of rotatable bonds is 5. The number of benzene rings is 1. The Morgan fingerprint density at radius 1 is 1.13 bits per heavy atom. The van der Waals surface area contributed by atoms with Crippen LogP contribution in [0.3, 0.4) is 0 Å². The molecule has 8 heteroatoms. The third-order valence-electron chi connectivity index (χ3n) is 5.13. The standard InChI is InChI=1S/C23H30ClN3O4/c1-23(2,3)31-22(29)26-14-11-18-19(12-15-26)25-27(13-5-6-20(28)30-4)21(18)16-7-9-17(24)10-8-16/h7-10H,5-6,11-15H2,1-4H3. The van der Waals surface area contributed by atoms with Crippen LogP contribution in [-0.4, -0.2) is 52.5 Å². The Bertz CT molecular complexity index is 932. The van der Waals surface area contributed by atoms with Crippen molar-refractivity contribution in [2.45, 2.75) is 58.6 Å². The van der Waals surface area contributed by atoms with Crippen LogP contribution in [0.25, 0.3) is 11.3 Å². The summed E-state index contributed by atoms with van der Waals surface area (Å²) < 4.78 is 12.3. The van der Waals surface area contributed by atoms with Crippen molar-refractivity contribution in [3.05, 3.63) is 40.5 Å². The molecule has 1 aliphatic rings. The van der Waals surface area contributed by atoms with E-state index in [4.69, 9.17) is 26.2 Å². The van der Waals surface area contributed by atoms with Gasteiger partial charge in [0.15, 0.2) is 0 Å². The van der Waals surface area contributed by atoms with Crippen LogP contribution in [0.2, 0.25) is 5.02 Å². The summed E-state index contributed by atoms with van der Waals surface area (Å²) in [5.74, 6) is -0.227. The highest BCUT2D eigenvalue weighted by Crippen LogP contribution is 2.31. The number of amides is 1. The minimum atomic E-state index is -0.527. The second kappa shape index (κ2) is 9.73. The van der Waals surface area contributed by atoms with Gasteiger partial charge in [-0.1, -0.05) is 23.7 Å². The van der Waals surface area contributed by atoms with Crippen molar-refractivity contribution in [3.63, 3.8) is 0 Å². The molecule has 2 heterocycles. The van der Waals surface area contributed by atoms with Crippen LogP contribution in [0.4, 0.5) is 4.79 Å². The first-order chi connectivity index (χ1) is 14.7. The fourth-order valence-corrected chi connectivity index (χ4v) is 3.81. The zero-order valence-corrected chi connectivity index (χ0v) is 19.4. The molecule has 0 N–H and O–H groups in total. The van der Waals surface area contributed by atoms with Crippen LogP contribution < -0.4 is 0 Å². The molecule has 0 unspecified atom stereocenters. The first kappa shape index (κ1) is 23.1. The lowest BCUT2D eigenvalue weighted by atomic mass is 10.0. The van der Waals surface area contributed by atoms with E-state index in [9.17, 15) is 9.59 Å². The van der Waals surface area contributed by atoms with Crippen molar-refractivity contribution in [3.8, 4) is 11.3 Å². The summed E-state index contributed by atoms with van der Waals surface area (Å²) in [5.41, 5.74) is 3.62. The molecule has 0 atom stereocenters. The molecule has 7 nitrogen and oxygen atoms in total. The van der Waals surface area contributed by atoms with Crippen molar-refractivity contribution < 1.29 is 19.1 Å². The molecule has 1 aromatic carbocycles. The molecule has 0 saturated carbocycles.